The van der Waals surface area contributed by atoms with Gasteiger partial charge in [0.2, 0.25) is 5.91 Å². The predicted octanol–water partition coefficient (Wildman–Crippen LogP) is 0.840. The number of hydrogen-bond donors (Lipinski definition) is 2. The van der Waals surface area contributed by atoms with Gasteiger partial charge in [-0.3, -0.25) is 9.59 Å². The van der Waals surface area contributed by atoms with Crippen LogP contribution in [0.25, 0.3) is 0 Å². The summed E-state index contributed by atoms with van der Waals surface area (Å²) in [5.74, 6) is -0.822. The fraction of sp³-hybridized carbons (Fsp3) is 0.429. The van der Waals surface area contributed by atoms with Gasteiger partial charge < -0.3 is 15.2 Å². The van der Waals surface area contributed by atoms with Gasteiger partial charge in [-0.25, -0.2) is 8.42 Å². The summed E-state index contributed by atoms with van der Waals surface area (Å²) in [6.45, 7) is 0.0203. The molecular weight excluding hydrogens is 310 g/mol. The van der Waals surface area contributed by atoms with E-state index in [1.54, 1.807) is 12.1 Å². The molecule has 2 N–H and O–H groups in total. The topological polar surface area (TPSA) is 110 Å². The summed E-state index contributed by atoms with van der Waals surface area (Å²) in [5.41, 5.74) is 0. The molecule has 0 aromatic heterocycles. The van der Waals surface area contributed by atoms with Crippen LogP contribution in [0.1, 0.15) is 19.3 Å². The van der Waals surface area contributed by atoms with Crippen LogP contribution in [0.4, 0.5) is 0 Å². The van der Waals surface area contributed by atoms with Crippen molar-refractivity contribution in [1.82, 2.24) is 5.32 Å². The van der Waals surface area contributed by atoms with Crippen LogP contribution in [0.15, 0.2) is 29.2 Å². The van der Waals surface area contributed by atoms with Gasteiger partial charge in [-0.1, -0.05) is 0 Å². The lowest BCUT2D eigenvalue weighted by atomic mass is 10.2. The molecule has 0 aliphatic rings. The Balaban J connectivity index is 2.22. The number of carboxylic acid groups (broad SMARTS) is 1. The molecule has 1 aromatic carbocycles. The number of carbonyl (C=O) groups excluding carboxylic acids is 1. The van der Waals surface area contributed by atoms with Gasteiger partial charge >= 0.3 is 5.97 Å². The van der Waals surface area contributed by atoms with E-state index in [1.165, 1.54) is 12.1 Å². The van der Waals surface area contributed by atoms with Crippen molar-refractivity contribution in [2.24, 2.45) is 0 Å². The quantitative estimate of drug-likeness (QED) is 0.650. The highest BCUT2D eigenvalue weighted by molar-refractivity contribution is 7.90. The highest BCUT2D eigenvalue weighted by atomic mass is 32.2. The maximum atomic E-state index is 11.3. The van der Waals surface area contributed by atoms with Gasteiger partial charge in [0.05, 0.1) is 11.5 Å². The van der Waals surface area contributed by atoms with Crippen molar-refractivity contribution in [3.8, 4) is 5.75 Å². The van der Waals surface area contributed by atoms with E-state index in [0.717, 1.165) is 6.26 Å². The van der Waals surface area contributed by atoms with Crippen LogP contribution in [-0.2, 0) is 19.4 Å². The van der Waals surface area contributed by atoms with E-state index in [-0.39, 0.29) is 23.8 Å². The lowest BCUT2D eigenvalue weighted by molar-refractivity contribution is -0.137. The first-order valence-electron chi connectivity index (χ1n) is 6.70. The summed E-state index contributed by atoms with van der Waals surface area (Å²) in [4.78, 5) is 21.7. The number of carboxylic acids is 1. The highest BCUT2D eigenvalue weighted by Gasteiger charge is 2.06. The molecule has 0 saturated heterocycles. The molecule has 22 heavy (non-hydrogen) atoms. The lowest BCUT2D eigenvalue weighted by Gasteiger charge is -2.07. The number of benzene rings is 1. The first-order chi connectivity index (χ1) is 10.3. The van der Waals surface area contributed by atoms with Gasteiger partial charge in [-0.15, -0.1) is 0 Å². The summed E-state index contributed by atoms with van der Waals surface area (Å²) in [7, 11) is -3.21. The Morgan fingerprint density at radius 3 is 2.36 bits per heavy atom. The fourth-order valence-electron chi connectivity index (χ4n) is 1.62. The molecule has 0 aliphatic carbocycles. The number of aliphatic carboxylic acids is 1. The largest absolute Gasteiger partial charge is 0.494 e. The molecule has 0 radical (unpaired) electrons. The van der Waals surface area contributed by atoms with Crippen molar-refractivity contribution < 1.29 is 27.9 Å². The normalized spacial score (nSPS) is 11.0. The standard InChI is InChI=1S/C14H19NO6S/c1-22(19,20)12-7-5-11(6-8-12)21-9-3-2-4-13(16)15-10-14(17)18/h5-8H,2-4,9-10H2,1H3,(H,15,16)(H,17,18). The van der Waals surface area contributed by atoms with Gasteiger partial charge in [-0.2, -0.15) is 0 Å². The zero-order chi connectivity index (χ0) is 16.6. The summed E-state index contributed by atoms with van der Waals surface area (Å²) >= 11 is 0. The molecule has 0 aliphatic heterocycles. The number of carbonyl (C=O) groups is 2. The molecule has 8 heteroatoms. The second-order valence-corrected chi connectivity index (χ2v) is 6.74. The number of amides is 1. The smallest absolute Gasteiger partial charge is 0.322 e. The maximum Gasteiger partial charge on any atom is 0.322 e. The Bertz CT molecular complexity index is 609. The van der Waals surface area contributed by atoms with Crippen molar-refractivity contribution >= 4 is 21.7 Å². The number of hydrogen-bond acceptors (Lipinski definition) is 5. The minimum Gasteiger partial charge on any atom is -0.494 e. The lowest BCUT2D eigenvalue weighted by Crippen LogP contribution is -2.28. The van der Waals surface area contributed by atoms with E-state index in [1.807, 2.05) is 0 Å². The van der Waals surface area contributed by atoms with E-state index in [2.05, 4.69) is 5.32 Å². The number of rotatable bonds is 9. The van der Waals surface area contributed by atoms with E-state index in [0.29, 0.717) is 25.2 Å². The molecule has 1 amide bonds. The highest BCUT2D eigenvalue weighted by Crippen LogP contribution is 2.16. The zero-order valence-corrected chi connectivity index (χ0v) is 13.1. The minimum atomic E-state index is -3.21. The average molecular weight is 329 g/mol. The van der Waals surface area contributed by atoms with Crippen LogP contribution in [0.3, 0.4) is 0 Å². The molecule has 0 heterocycles. The predicted molar refractivity (Wildman–Crippen MR) is 79.5 cm³/mol. The third-order valence-electron chi connectivity index (χ3n) is 2.76. The van der Waals surface area contributed by atoms with E-state index in [4.69, 9.17) is 9.84 Å². The van der Waals surface area contributed by atoms with Gasteiger partial charge in [-0.05, 0) is 37.1 Å². The van der Waals surface area contributed by atoms with Gasteiger partial charge in [0.15, 0.2) is 9.84 Å². The molecule has 1 rings (SSSR count). The second-order valence-electron chi connectivity index (χ2n) is 4.72. The molecule has 0 spiro atoms. The Hall–Kier alpha value is -2.09. The van der Waals surface area contributed by atoms with E-state index in [9.17, 15) is 18.0 Å². The summed E-state index contributed by atoms with van der Waals surface area (Å²) in [6, 6.07) is 6.11. The summed E-state index contributed by atoms with van der Waals surface area (Å²) < 4.78 is 28.0. The SMILES string of the molecule is CS(=O)(=O)c1ccc(OCCCCC(=O)NCC(=O)O)cc1. The van der Waals surface area contributed by atoms with Crippen molar-refractivity contribution in [2.75, 3.05) is 19.4 Å². The van der Waals surface area contributed by atoms with Gasteiger partial charge in [0.1, 0.15) is 12.3 Å². The van der Waals surface area contributed by atoms with Gasteiger partial charge in [0.25, 0.3) is 0 Å². The second kappa shape index (κ2) is 8.38. The van der Waals surface area contributed by atoms with E-state index >= 15 is 0 Å². The average Bonchev–Trinajstić information content (AvgIpc) is 2.44. The molecule has 0 unspecified atom stereocenters. The van der Waals surface area contributed by atoms with Crippen molar-refractivity contribution in [1.29, 1.82) is 0 Å². The molecular formula is C14H19NO6S. The molecule has 1 aromatic rings. The number of sulfone groups is 1. The Kier molecular flexibility index (Phi) is 6.84. The van der Waals surface area contributed by atoms with E-state index < -0.39 is 15.8 Å². The van der Waals surface area contributed by atoms with Crippen LogP contribution in [-0.4, -0.2) is 44.8 Å². The Morgan fingerprint density at radius 1 is 1.18 bits per heavy atom. The van der Waals surface area contributed by atoms with Crippen LogP contribution < -0.4 is 10.1 Å². The first-order valence-corrected chi connectivity index (χ1v) is 8.59. The molecule has 0 bridgehead atoms. The third kappa shape index (κ3) is 7.07. The molecule has 122 valence electrons. The summed E-state index contributed by atoms with van der Waals surface area (Å²) in [5, 5.41) is 10.7. The number of nitrogens with one attached hydrogen (secondary N) is 1. The molecule has 7 nitrogen and oxygen atoms in total. The molecule has 0 fully saturated rings. The van der Waals surface area contributed by atoms with Crippen molar-refractivity contribution in [2.45, 2.75) is 24.2 Å². The van der Waals surface area contributed by atoms with Crippen LogP contribution in [0.5, 0.6) is 5.75 Å². The maximum absolute atomic E-state index is 11.3. The third-order valence-corrected chi connectivity index (χ3v) is 3.88. The first kappa shape index (κ1) is 18.0. The Labute approximate surface area is 129 Å². The molecule has 0 saturated carbocycles. The molecule has 0 atom stereocenters. The summed E-state index contributed by atoms with van der Waals surface area (Å²) in [6.07, 6.45) is 2.59. The van der Waals surface area contributed by atoms with Crippen LogP contribution >= 0.6 is 0 Å². The fourth-order valence-corrected chi connectivity index (χ4v) is 2.25. The van der Waals surface area contributed by atoms with Crippen molar-refractivity contribution in [3.63, 3.8) is 0 Å². The monoisotopic (exact) mass is 329 g/mol. The van der Waals surface area contributed by atoms with Gasteiger partial charge in [0, 0.05) is 12.7 Å². The van der Waals surface area contributed by atoms with Crippen molar-refractivity contribution in [3.05, 3.63) is 24.3 Å². The number of unbranched alkanes of at least 4 members (excludes halogenated alkanes) is 1. The zero-order valence-electron chi connectivity index (χ0n) is 12.2. The van der Waals surface area contributed by atoms with Crippen LogP contribution in [0.2, 0.25) is 0 Å². The Morgan fingerprint density at radius 2 is 1.82 bits per heavy atom. The number of ether oxygens (including phenoxy) is 1. The van der Waals surface area contributed by atoms with Crippen LogP contribution in [0, 0.1) is 0 Å². The minimum absolute atomic E-state index is 0.231.